The number of piperidine rings is 1. The van der Waals surface area contributed by atoms with Gasteiger partial charge in [0.1, 0.15) is 11.6 Å². The summed E-state index contributed by atoms with van der Waals surface area (Å²) < 4.78 is 2.39. The summed E-state index contributed by atoms with van der Waals surface area (Å²) in [6, 6.07) is 15.2. The zero-order valence-electron chi connectivity index (χ0n) is 21.3. The van der Waals surface area contributed by atoms with Crippen LogP contribution in [0.15, 0.2) is 42.5 Å². The van der Waals surface area contributed by atoms with Gasteiger partial charge in [-0.25, -0.2) is 0 Å². The van der Waals surface area contributed by atoms with Gasteiger partial charge in [-0.3, -0.25) is 14.6 Å². The molecule has 3 aromatic rings. The van der Waals surface area contributed by atoms with Crippen LogP contribution in [0, 0.1) is 0 Å². The molecular formula is C29H38N6O. The number of nitrogens with zero attached hydrogens (tertiary/aromatic N) is 6. The van der Waals surface area contributed by atoms with E-state index in [1.165, 1.54) is 35.6 Å². The number of hydrogen-bond donors (Lipinski definition) is 0. The lowest BCUT2D eigenvalue weighted by Crippen LogP contribution is -2.51. The monoisotopic (exact) mass is 486 g/mol. The third-order valence-corrected chi connectivity index (χ3v) is 8.37. The fraction of sp³-hybridized carbons (Fsp3) is 0.552. The van der Waals surface area contributed by atoms with Crippen molar-refractivity contribution >= 4 is 16.7 Å². The van der Waals surface area contributed by atoms with Crippen molar-refractivity contribution in [2.45, 2.75) is 57.5 Å². The molecule has 36 heavy (non-hydrogen) atoms. The number of hydrogen-bond acceptors (Lipinski definition) is 5. The lowest BCUT2D eigenvalue weighted by molar-refractivity contribution is -0.134. The molecule has 0 unspecified atom stereocenters. The molecule has 3 aliphatic rings. The summed E-state index contributed by atoms with van der Waals surface area (Å²) in [7, 11) is 0. The van der Waals surface area contributed by atoms with Gasteiger partial charge >= 0.3 is 0 Å². The molecule has 2 aromatic carbocycles. The SMILES string of the molecule is O=C(CN1CCC[C@@H](c2nnc3n2CCCCC3)C1)N1CCN(Cc2cccc3ccccc23)CC1. The van der Waals surface area contributed by atoms with Gasteiger partial charge < -0.3 is 9.47 Å². The molecule has 2 saturated heterocycles. The summed E-state index contributed by atoms with van der Waals surface area (Å²) in [6.07, 6.45) is 7.05. The van der Waals surface area contributed by atoms with Gasteiger partial charge in [0, 0.05) is 58.2 Å². The second kappa shape index (κ2) is 10.7. The Morgan fingerprint density at radius 2 is 1.69 bits per heavy atom. The number of piperazine rings is 1. The molecule has 0 spiro atoms. The first-order valence-electron chi connectivity index (χ1n) is 13.9. The van der Waals surface area contributed by atoms with Crippen molar-refractivity contribution in [1.82, 2.24) is 29.5 Å². The van der Waals surface area contributed by atoms with Crippen LogP contribution < -0.4 is 0 Å². The van der Waals surface area contributed by atoms with E-state index in [4.69, 9.17) is 0 Å². The summed E-state index contributed by atoms with van der Waals surface area (Å²) in [5.41, 5.74) is 1.37. The van der Waals surface area contributed by atoms with Crippen LogP contribution in [0.2, 0.25) is 0 Å². The minimum absolute atomic E-state index is 0.278. The van der Waals surface area contributed by atoms with Crippen molar-refractivity contribution in [2.24, 2.45) is 0 Å². The Bertz CT molecular complexity index is 1190. The fourth-order valence-corrected chi connectivity index (χ4v) is 6.34. The number of carbonyl (C=O) groups excluding carboxylic acids is 1. The van der Waals surface area contributed by atoms with Crippen molar-refractivity contribution in [3.05, 3.63) is 59.7 Å². The molecule has 1 amide bonds. The van der Waals surface area contributed by atoms with Crippen LogP contribution in [0.4, 0.5) is 0 Å². The van der Waals surface area contributed by atoms with Gasteiger partial charge in [-0.1, -0.05) is 48.9 Å². The lowest BCUT2D eigenvalue weighted by atomic mass is 9.97. The molecular weight excluding hydrogens is 448 g/mol. The van der Waals surface area contributed by atoms with Crippen molar-refractivity contribution in [2.75, 3.05) is 45.8 Å². The number of amides is 1. The van der Waals surface area contributed by atoms with E-state index in [9.17, 15) is 4.79 Å². The maximum Gasteiger partial charge on any atom is 0.236 e. The Morgan fingerprint density at radius 3 is 2.61 bits per heavy atom. The highest BCUT2D eigenvalue weighted by atomic mass is 16.2. The number of rotatable bonds is 5. The summed E-state index contributed by atoms with van der Waals surface area (Å²) in [5, 5.41) is 11.8. The van der Waals surface area contributed by atoms with E-state index in [1.807, 2.05) is 0 Å². The fourth-order valence-electron chi connectivity index (χ4n) is 6.34. The van der Waals surface area contributed by atoms with Gasteiger partial charge in [-0.15, -0.1) is 10.2 Å². The first-order valence-corrected chi connectivity index (χ1v) is 13.9. The molecule has 1 aromatic heterocycles. The van der Waals surface area contributed by atoms with Crippen LogP contribution in [-0.4, -0.2) is 81.2 Å². The van der Waals surface area contributed by atoms with Gasteiger partial charge in [0.25, 0.3) is 0 Å². The Hall–Kier alpha value is -2.77. The van der Waals surface area contributed by atoms with E-state index in [0.717, 1.165) is 83.3 Å². The van der Waals surface area contributed by atoms with Crippen molar-refractivity contribution in [3.8, 4) is 0 Å². The molecule has 0 bridgehead atoms. The molecule has 0 N–H and O–H groups in total. The van der Waals surface area contributed by atoms with E-state index in [2.05, 4.69) is 71.9 Å². The van der Waals surface area contributed by atoms with Gasteiger partial charge in [-0.2, -0.15) is 0 Å². The molecule has 0 radical (unpaired) electrons. The second-order valence-electron chi connectivity index (χ2n) is 10.8. The average molecular weight is 487 g/mol. The molecule has 3 aliphatic heterocycles. The van der Waals surface area contributed by atoms with E-state index in [0.29, 0.717) is 12.5 Å². The topological polar surface area (TPSA) is 57.5 Å². The third-order valence-electron chi connectivity index (χ3n) is 8.37. The van der Waals surface area contributed by atoms with Crippen LogP contribution in [0.3, 0.4) is 0 Å². The first kappa shape index (κ1) is 23.6. The second-order valence-corrected chi connectivity index (χ2v) is 10.8. The van der Waals surface area contributed by atoms with E-state index < -0.39 is 0 Å². The summed E-state index contributed by atoms with van der Waals surface area (Å²) in [4.78, 5) is 20.1. The standard InChI is InChI=1S/C29H38N6O/c36-28(22-33-14-7-11-25(21-33)29-31-30-27-13-2-1-5-15-35(27)29)34-18-16-32(17-19-34)20-24-10-6-9-23-8-3-4-12-26(23)24/h3-4,6,8-10,12,25H,1-2,5,7,11,13-22H2/t25-/m1/s1. The van der Waals surface area contributed by atoms with Crippen molar-refractivity contribution < 1.29 is 4.79 Å². The summed E-state index contributed by atoms with van der Waals surface area (Å²) in [6.45, 7) is 7.95. The van der Waals surface area contributed by atoms with Crippen molar-refractivity contribution in [1.29, 1.82) is 0 Å². The van der Waals surface area contributed by atoms with Crippen LogP contribution in [0.25, 0.3) is 10.8 Å². The molecule has 1 atom stereocenters. The number of aromatic nitrogens is 3. The molecule has 190 valence electrons. The van der Waals surface area contributed by atoms with Crippen LogP contribution in [0.1, 0.15) is 55.2 Å². The average Bonchev–Trinajstić information content (AvgIpc) is 3.17. The van der Waals surface area contributed by atoms with E-state index in [1.54, 1.807) is 0 Å². The van der Waals surface area contributed by atoms with Crippen LogP contribution >= 0.6 is 0 Å². The Kier molecular flexibility index (Phi) is 7.01. The Balaban J connectivity index is 1.02. The van der Waals surface area contributed by atoms with Gasteiger partial charge in [-0.05, 0) is 48.6 Å². The number of benzene rings is 2. The molecule has 0 saturated carbocycles. The van der Waals surface area contributed by atoms with Crippen LogP contribution in [-0.2, 0) is 24.3 Å². The van der Waals surface area contributed by atoms with Gasteiger partial charge in [0.15, 0.2) is 0 Å². The molecule has 0 aliphatic carbocycles. The van der Waals surface area contributed by atoms with Gasteiger partial charge in [0.05, 0.1) is 6.54 Å². The largest absolute Gasteiger partial charge is 0.339 e. The van der Waals surface area contributed by atoms with E-state index in [-0.39, 0.29) is 5.91 Å². The minimum Gasteiger partial charge on any atom is -0.339 e. The number of likely N-dealkylation sites (tertiary alicyclic amines) is 1. The zero-order valence-corrected chi connectivity index (χ0v) is 21.3. The third kappa shape index (κ3) is 5.04. The molecule has 4 heterocycles. The predicted molar refractivity (Wildman–Crippen MR) is 142 cm³/mol. The Labute approximate surface area is 214 Å². The highest BCUT2D eigenvalue weighted by Gasteiger charge is 2.30. The zero-order chi connectivity index (χ0) is 24.3. The van der Waals surface area contributed by atoms with E-state index >= 15 is 0 Å². The normalized spacial score (nSPS) is 21.9. The smallest absolute Gasteiger partial charge is 0.236 e. The number of aryl methyl sites for hydroxylation is 1. The number of fused-ring (bicyclic) bond motifs is 2. The molecule has 6 rings (SSSR count). The van der Waals surface area contributed by atoms with Gasteiger partial charge in [0.2, 0.25) is 5.91 Å². The lowest BCUT2D eigenvalue weighted by Gasteiger charge is -2.37. The molecule has 7 heteroatoms. The van der Waals surface area contributed by atoms with Crippen molar-refractivity contribution in [3.63, 3.8) is 0 Å². The highest BCUT2D eigenvalue weighted by molar-refractivity contribution is 5.85. The molecule has 2 fully saturated rings. The molecule has 7 nitrogen and oxygen atoms in total. The first-order chi connectivity index (χ1) is 17.7. The summed E-state index contributed by atoms with van der Waals surface area (Å²) >= 11 is 0. The quantitative estimate of drug-likeness (QED) is 0.551. The minimum atomic E-state index is 0.278. The summed E-state index contributed by atoms with van der Waals surface area (Å²) in [5.74, 6) is 2.99. The predicted octanol–water partition coefficient (Wildman–Crippen LogP) is 3.68. The maximum absolute atomic E-state index is 13.2. The highest BCUT2D eigenvalue weighted by Crippen LogP contribution is 2.28. The Morgan fingerprint density at radius 1 is 0.833 bits per heavy atom. The maximum atomic E-state index is 13.2. The van der Waals surface area contributed by atoms with Crippen LogP contribution in [0.5, 0.6) is 0 Å². The number of carbonyl (C=O) groups is 1.